The topological polar surface area (TPSA) is 117 Å². The number of benzene rings is 1. The summed E-state index contributed by atoms with van der Waals surface area (Å²) >= 11 is 12.7. The Morgan fingerprint density at radius 1 is 1.00 bits per heavy atom. The molecule has 32 heavy (non-hydrogen) atoms. The molecular weight excluding hydrogens is 459 g/mol. The Hall–Kier alpha value is -1.95. The third-order valence-corrected chi connectivity index (χ3v) is 5.46. The number of nitrogens with two attached hydrogens (primary N) is 1. The molecule has 0 unspecified atom stereocenters. The van der Waals surface area contributed by atoms with E-state index < -0.39 is 0 Å². The standard InChI is InChI=1S/C20H28Cl2N6O4/c1-29-6-7-30-8-9-31-10-11-32-14-12-15(17(22)16(21)13-14)18-19(23)25-20(27-26-18)28-4-2-24-3-5-28/h12-13,24H,2-11H2,1H3,(H2,23,25,27). The molecule has 2 aromatic rings. The fourth-order valence-electron chi connectivity index (χ4n) is 3.02. The summed E-state index contributed by atoms with van der Waals surface area (Å²) in [6.45, 7) is 6.09. The van der Waals surface area contributed by atoms with Gasteiger partial charge in [0.25, 0.3) is 0 Å². The molecule has 0 amide bonds. The molecule has 1 aromatic carbocycles. The number of hydrogen-bond acceptors (Lipinski definition) is 10. The van der Waals surface area contributed by atoms with Crippen molar-refractivity contribution in [2.75, 3.05) is 83.6 Å². The summed E-state index contributed by atoms with van der Waals surface area (Å²) in [5.41, 5.74) is 7.05. The van der Waals surface area contributed by atoms with Crippen LogP contribution in [-0.2, 0) is 14.2 Å². The van der Waals surface area contributed by atoms with E-state index in [4.69, 9.17) is 47.9 Å². The van der Waals surface area contributed by atoms with Crippen molar-refractivity contribution in [3.63, 3.8) is 0 Å². The van der Waals surface area contributed by atoms with Gasteiger partial charge in [0.05, 0.1) is 43.1 Å². The molecule has 0 bridgehead atoms. The van der Waals surface area contributed by atoms with Crippen molar-refractivity contribution in [1.82, 2.24) is 20.5 Å². The van der Waals surface area contributed by atoms with Crippen LogP contribution in [0.5, 0.6) is 5.75 Å². The van der Waals surface area contributed by atoms with Crippen LogP contribution >= 0.6 is 23.2 Å². The van der Waals surface area contributed by atoms with E-state index in [1.54, 1.807) is 19.2 Å². The molecule has 1 saturated heterocycles. The predicted molar refractivity (Wildman–Crippen MR) is 124 cm³/mol. The van der Waals surface area contributed by atoms with Gasteiger partial charge in [0.15, 0.2) is 5.82 Å². The lowest BCUT2D eigenvalue weighted by Gasteiger charge is -2.27. The van der Waals surface area contributed by atoms with Gasteiger partial charge in [0.2, 0.25) is 5.95 Å². The van der Waals surface area contributed by atoms with Crippen molar-refractivity contribution in [1.29, 1.82) is 0 Å². The molecular formula is C20H28Cl2N6O4. The van der Waals surface area contributed by atoms with Crippen LogP contribution in [-0.4, -0.2) is 88.1 Å². The van der Waals surface area contributed by atoms with Gasteiger partial charge < -0.3 is 34.9 Å². The van der Waals surface area contributed by atoms with Crippen molar-refractivity contribution in [2.24, 2.45) is 0 Å². The second-order valence-corrected chi connectivity index (χ2v) is 7.70. The first kappa shape index (κ1) is 24.7. The third-order valence-electron chi connectivity index (χ3n) is 4.66. The number of nitrogens with zero attached hydrogens (tertiary/aromatic N) is 4. The van der Waals surface area contributed by atoms with Gasteiger partial charge in [-0.1, -0.05) is 23.2 Å². The average Bonchev–Trinajstić information content (AvgIpc) is 2.81. The molecule has 10 nitrogen and oxygen atoms in total. The van der Waals surface area contributed by atoms with Gasteiger partial charge in [0.1, 0.15) is 18.1 Å². The maximum absolute atomic E-state index is 6.41. The Morgan fingerprint density at radius 3 is 2.38 bits per heavy atom. The summed E-state index contributed by atoms with van der Waals surface area (Å²) in [6, 6.07) is 3.35. The fourth-order valence-corrected chi connectivity index (χ4v) is 3.43. The Morgan fingerprint density at radius 2 is 1.69 bits per heavy atom. The number of halogens is 2. The highest BCUT2D eigenvalue weighted by Gasteiger charge is 2.19. The minimum absolute atomic E-state index is 0.223. The number of rotatable bonds is 12. The van der Waals surface area contributed by atoms with E-state index in [1.807, 2.05) is 4.90 Å². The van der Waals surface area contributed by atoms with Crippen LogP contribution < -0.4 is 20.7 Å². The van der Waals surface area contributed by atoms with E-state index in [0.717, 1.165) is 26.2 Å². The minimum atomic E-state index is 0.223. The summed E-state index contributed by atoms with van der Waals surface area (Å²) in [6.07, 6.45) is 0. The number of methoxy groups -OCH3 is 1. The molecule has 2 heterocycles. The lowest BCUT2D eigenvalue weighted by Crippen LogP contribution is -2.44. The van der Waals surface area contributed by atoms with E-state index in [9.17, 15) is 0 Å². The zero-order valence-electron chi connectivity index (χ0n) is 18.0. The number of nitrogen functional groups attached to an aromatic ring is 1. The lowest BCUT2D eigenvalue weighted by atomic mass is 10.1. The van der Waals surface area contributed by atoms with E-state index in [0.29, 0.717) is 72.6 Å². The zero-order valence-corrected chi connectivity index (χ0v) is 19.5. The largest absolute Gasteiger partial charge is 0.491 e. The Kier molecular flexibility index (Phi) is 9.97. The fraction of sp³-hybridized carbons (Fsp3) is 0.550. The van der Waals surface area contributed by atoms with Gasteiger partial charge in [0, 0.05) is 44.9 Å². The molecule has 176 valence electrons. The van der Waals surface area contributed by atoms with Crippen molar-refractivity contribution < 1.29 is 18.9 Å². The normalized spacial score (nSPS) is 14.0. The number of hydrogen-bond donors (Lipinski definition) is 2. The van der Waals surface area contributed by atoms with E-state index in [1.165, 1.54) is 0 Å². The van der Waals surface area contributed by atoms with Gasteiger partial charge >= 0.3 is 0 Å². The van der Waals surface area contributed by atoms with Gasteiger partial charge in [-0.25, -0.2) is 0 Å². The molecule has 12 heteroatoms. The Bertz CT molecular complexity index is 870. The molecule has 0 atom stereocenters. The SMILES string of the molecule is COCCOCCOCCOc1cc(Cl)c(Cl)c(-c2nnc(N3CCNCC3)nc2N)c1. The van der Waals surface area contributed by atoms with Crippen LogP contribution in [0.1, 0.15) is 0 Å². The highest BCUT2D eigenvalue weighted by atomic mass is 35.5. The van der Waals surface area contributed by atoms with E-state index in [2.05, 4.69) is 20.5 Å². The van der Waals surface area contributed by atoms with Crippen LogP contribution in [0.25, 0.3) is 11.3 Å². The first-order valence-electron chi connectivity index (χ1n) is 10.3. The van der Waals surface area contributed by atoms with Crippen molar-refractivity contribution in [3.8, 4) is 17.0 Å². The zero-order chi connectivity index (χ0) is 22.8. The molecule has 3 rings (SSSR count). The van der Waals surface area contributed by atoms with Crippen molar-refractivity contribution in [3.05, 3.63) is 22.2 Å². The van der Waals surface area contributed by atoms with Crippen LogP contribution in [0.2, 0.25) is 10.0 Å². The Balaban J connectivity index is 1.59. The van der Waals surface area contributed by atoms with Gasteiger partial charge in [-0.2, -0.15) is 4.98 Å². The van der Waals surface area contributed by atoms with E-state index in [-0.39, 0.29) is 5.82 Å². The first-order chi connectivity index (χ1) is 15.6. The number of nitrogens with one attached hydrogen (secondary N) is 1. The van der Waals surface area contributed by atoms with Crippen LogP contribution in [0.3, 0.4) is 0 Å². The molecule has 3 N–H and O–H groups in total. The first-order valence-corrected chi connectivity index (χ1v) is 11.1. The number of piperazine rings is 1. The molecule has 0 aliphatic carbocycles. The lowest BCUT2D eigenvalue weighted by molar-refractivity contribution is 0.0180. The Labute approximate surface area is 197 Å². The third kappa shape index (κ3) is 7.03. The van der Waals surface area contributed by atoms with E-state index >= 15 is 0 Å². The number of ether oxygens (including phenoxy) is 4. The quantitative estimate of drug-likeness (QED) is 0.430. The second kappa shape index (κ2) is 12.9. The maximum Gasteiger partial charge on any atom is 0.247 e. The molecule has 1 aliphatic heterocycles. The van der Waals surface area contributed by atoms with Gasteiger partial charge in [-0.15, -0.1) is 10.2 Å². The molecule has 1 aromatic heterocycles. The summed E-state index contributed by atoms with van der Waals surface area (Å²) < 4.78 is 21.5. The van der Waals surface area contributed by atoms with Gasteiger partial charge in [-0.05, 0) is 6.07 Å². The summed E-state index contributed by atoms with van der Waals surface area (Å²) in [4.78, 5) is 6.44. The summed E-state index contributed by atoms with van der Waals surface area (Å²) in [7, 11) is 1.63. The molecule has 1 aliphatic rings. The van der Waals surface area contributed by atoms with Crippen LogP contribution in [0, 0.1) is 0 Å². The van der Waals surface area contributed by atoms with Crippen molar-refractivity contribution in [2.45, 2.75) is 0 Å². The predicted octanol–water partition coefficient (Wildman–Crippen LogP) is 1.90. The second-order valence-electron chi connectivity index (χ2n) is 6.92. The summed E-state index contributed by atoms with van der Waals surface area (Å²) in [5.74, 6) is 1.23. The molecule has 0 spiro atoms. The average molecular weight is 487 g/mol. The van der Waals surface area contributed by atoms with Gasteiger partial charge in [-0.3, -0.25) is 0 Å². The smallest absolute Gasteiger partial charge is 0.247 e. The highest BCUT2D eigenvalue weighted by molar-refractivity contribution is 6.43. The monoisotopic (exact) mass is 486 g/mol. The molecule has 1 fully saturated rings. The minimum Gasteiger partial charge on any atom is -0.491 e. The van der Waals surface area contributed by atoms with Crippen LogP contribution in [0.4, 0.5) is 11.8 Å². The highest BCUT2D eigenvalue weighted by Crippen LogP contribution is 2.38. The van der Waals surface area contributed by atoms with Crippen LogP contribution in [0.15, 0.2) is 12.1 Å². The maximum atomic E-state index is 6.41. The number of aromatic nitrogens is 3. The summed E-state index contributed by atoms with van der Waals surface area (Å²) in [5, 5.41) is 12.4. The number of anilines is 2. The molecule has 0 radical (unpaired) electrons. The van der Waals surface area contributed by atoms with Crippen molar-refractivity contribution >= 4 is 35.0 Å². The molecule has 0 saturated carbocycles.